The van der Waals surface area contributed by atoms with E-state index in [1.807, 2.05) is 19.1 Å². The fraction of sp³-hybridized carbons (Fsp3) is 0.278. The first-order chi connectivity index (χ1) is 12.0. The Bertz CT molecular complexity index is 733. The third-order valence-corrected chi connectivity index (χ3v) is 3.44. The average Bonchev–Trinajstić information content (AvgIpc) is 2.56. The van der Waals surface area contributed by atoms with Crippen LogP contribution in [0.25, 0.3) is 0 Å². The molecule has 134 valence electrons. The molecule has 2 rings (SSSR count). The van der Waals surface area contributed by atoms with E-state index < -0.39 is 6.03 Å². The maximum atomic E-state index is 12.1. The summed E-state index contributed by atoms with van der Waals surface area (Å²) in [6, 6.07) is 9.22. The molecule has 2 amide bonds. The van der Waals surface area contributed by atoms with Crippen molar-refractivity contribution in [3.63, 3.8) is 0 Å². The first-order valence-corrected chi connectivity index (χ1v) is 7.77. The van der Waals surface area contributed by atoms with Crippen molar-refractivity contribution in [1.82, 2.24) is 5.32 Å². The van der Waals surface area contributed by atoms with Gasteiger partial charge >= 0.3 is 6.03 Å². The fourth-order valence-corrected chi connectivity index (χ4v) is 2.13. The molecule has 7 nitrogen and oxygen atoms in total. The standard InChI is InChI=1S/C18H22N2O5/c1-12-3-6-15(17(9-12)25-8-7-24-2)20-18(23)19-11-13-4-5-14(21)10-16(13)22/h3-6,9-10,21-22H,7-8,11H2,1-2H3,(H2,19,20,23). The van der Waals surface area contributed by atoms with Crippen molar-refractivity contribution in [2.24, 2.45) is 0 Å². The van der Waals surface area contributed by atoms with Crippen molar-refractivity contribution in [2.75, 3.05) is 25.6 Å². The molecule has 0 spiro atoms. The number of urea groups is 1. The summed E-state index contributed by atoms with van der Waals surface area (Å²) < 4.78 is 10.6. The highest BCUT2D eigenvalue weighted by Gasteiger charge is 2.09. The van der Waals surface area contributed by atoms with Gasteiger partial charge in [-0.2, -0.15) is 0 Å². The van der Waals surface area contributed by atoms with E-state index in [9.17, 15) is 15.0 Å². The average molecular weight is 346 g/mol. The zero-order valence-corrected chi connectivity index (χ0v) is 14.2. The van der Waals surface area contributed by atoms with Gasteiger partial charge in [-0.15, -0.1) is 0 Å². The van der Waals surface area contributed by atoms with E-state index in [0.717, 1.165) is 5.56 Å². The molecule has 25 heavy (non-hydrogen) atoms. The van der Waals surface area contributed by atoms with Gasteiger partial charge in [0.05, 0.1) is 12.3 Å². The molecule has 0 radical (unpaired) electrons. The summed E-state index contributed by atoms with van der Waals surface area (Å²) in [6.07, 6.45) is 0. The number of hydrogen-bond donors (Lipinski definition) is 4. The molecule has 0 bridgehead atoms. The van der Waals surface area contributed by atoms with Crippen LogP contribution in [0.4, 0.5) is 10.5 Å². The maximum Gasteiger partial charge on any atom is 0.319 e. The van der Waals surface area contributed by atoms with Crippen LogP contribution in [-0.2, 0) is 11.3 Å². The van der Waals surface area contributed by atoms with Gasteiger partial charge in [0.25, 0.3) is 0 Å². The third kappa shape index (κ3) is 5.58. The van der Waals surface area contributed by atoms with E-state index in [1.165, 1.54) is 18.2 Å². The molecule has 7 heteroatoms. The predicted molar refractivity (Wildman–Crippen MR) is 94.2 cm³/mol. The smallest absolute Gasteiger partial charge is 0.319 e. The number of amides is 2. The molecular weight excluding hydrogens is 324 g/mol. The van der Waals surface area contributed by atoms with Crippen LogP contribution >= 0.6 is 0 Å². The number of carbonyl (C=O) groups excluding carboxylic acids is 1. The second kappa shape index (κ2) is 8.79. The molecule has 0 saturated heterocycles. The number of anilines is 1. The SMILES string of the molecule is COCCOc1cc(C)ccc1NC(=O)NCc1ccc(O)cc1O. The quantitative estimate of drug-likeness (QED) is 0.578. The Balaban J connectivity index is 1.97. The minimum absolute atomic E-state index is 0.0387. The molecule has 0 saturated carbocycles. The number of aromatic hydroxyl groups is 2. The summed E-state index contributed by atoms with van der Waals surface area (Å²) >= 11 is 0. The summed E-state index contributed by atoms with van der Waals surface area (Å²) in [5.74, 6) is 0.433. The number of methoxy groups -OCH3 is 1. The number of nitrogens with one attached hydrogen (secondary N) is 2. The molecule has 2 aromatic rings. The monoisotopic (exact) mass is 346 g/mol. The zero-order valence-electron chi connectivity index (χ0n) is 14.2. The van der Waals surface area contributed by atoms with Gasteiger partial charge < -0.3 is 30.3 Å². The lowest BCUT2D eigenvalue weighted by atomic mass is 10.2. The van der Waals surface area contributed by atoms with Crippen LogP contribution in [0.3, 0.4) is 0 Å². The summed E-state index contributed by atoms with van der Waals surface area (Å²) in [6.45, 7) is 2.86. The molecule has 0 aliphatic heterocycles. The molecular formula is C18H22N2O5. The minimum atomic E-state index is -0.437. The number of aryl methyl sites for hydroxylation is 1. The number of ether oxygens (including phenoxy) is 2. The Kier molecular flexibility index (Phi) is 6.47. The van der Waals surface area contributed by atoms with Crippen molar-refractivity contribution in [1.29, 1.82) is 0 Å². The Labute approximate surface area is 146 Å². The lowest BCUT2D eigenvalue weighted by Gasteiger charge is -2.14. The normalized spacial score (nSPS) is 10.3. The van der Waals surface area contributed by atoms with Crippen LogP contribution < -0.4 is 15.4 Å². The van der Waals surface area contributed by atoms with Crippen LogP contribution in [0.5, 0.6) is 17.2 Å². The van der Waals surface area contributed by atoms with Crippen molar-refractivity contribution in [2.45, 2.75) is 13.5 Å². The van der Waals surface area contributed by atoms with Gasteiger partial charge in [-0.1, -0.05) is 6.07 Å². The first-order valence-electron chi connectivity index (χ1n) is 7.77. The summed E-state index contributed by atoms with van der Waals surface area (Å²) in [5, 5.41) is 24.4. The fourth-order valence-electron chi connectivity index (χ4n) is 2.13. The number of rotatable bonds is 7. The van der Waals surface area contributed by atoms with Crippen LogP contribution in [-0.4, -0.2) is 36.6 Å². The van der Waals surface area contributed by atoms with E-state index >= 15 is 0 Å². The van der Waals surface area contributed by atoms with Gasteiger partial charge in [-0.05, 0) is 36.8 Å². The molecule has 0 atom stereocenters. The molecule has 0 unspecified atom stereocenters. The molecule has 0 aliphatic rings. The summed E-state index contributed by atoms with van der Waals surface area (Å²) in [7, 11) is 1.59. The number of phenolic OH excluding ortho intramolecular Hbond substituents is 2. The van der Waals surface area contributed by atoms with E-state index in [-0.39, 0.29) is 18.0 Å². The number of hydrogen-bond acceptors (Lipinski definition) is 5. The highest BCUT2D eigenvalue weighted by Crippen LogP contribution is 2.26. The Morgan fingerprint density at radius 2 is 1.92 bits per heavy atom. The van der Waals surface area contributed by atoms with Crippen LogP contribution in [0, 0.1) is 6.92 Å². The molecule has 2 aromatic carbocycles. The van der Waals surface area contributed by atoms with E-state index in [1.54, 1.807) is 13.2 Å². The van der Waals surface area contributed by atoms with Gasteiger partial charge in [0.2, 0.25) is 0 Å². The van der Waals surface area contributed by atoms with E-state index in [0.29, 0.717) is 30.2 Å². The second-order valence-corrected chi connectivity index (χ2v) is 5.46. The molecule has 0 fully saturated rings. The highest BCUT2D eigenvalue weighted by molar-refractivity contribution is 5.91. The van der Waals surface area contributed by atoms with Crippen molar-refractivity contribution >= 4 is 11.7 Å². The van der Waals surface area contributed by atoms with Gasteiger partial charge in [-0.25, -0.2) is 4.79 Å². The lowest BCUT2D eigenvalue weighted by Crippen LogP contribution is -2.28. The minimum Gasteiger partial charge on any atom is -0.508 e. The predicted octanol–water partition coefficient (Wildman–Crippen LogP) is 2.75. The lowest BCUT2D eigenvalue weighted by molar-refractivity contribution is 0.146. The Morgan fingerprint density at radius 1 is 1.12 bits per heavy atom. The number of phenols is 2. The molecule has 0 aromatic heterocycles. The van der Waals surface area contributed by atoms with E-state index in [2.05, 4.69) is 10.6 Å². The van der Waals surface area contributed by atoms with Gasteiger partial charge in [0.1, 0.15) is 23.9 Å². The van der Waals surface area contributed by atoms with Crippen molar-refractivity contribution < 1.29 is 24.5 Å². The first kappa shape index (κ1) is 18.4. The van der Waals surface area contributed by atoms with E-state index in [4.69, 9.17) is 9.47 Å². The second-order valence-electron chi connectivity index (χ2n) is 5.46. The summed E-state index contributed by atoms with van der Waals surface area (Å²) in [5.41, 5.74) is 2.04. The van der Waals surface area contributed by atoms with Crippen LogP contribution in [0.15, 0.2) is 36.4 Å². The van der Waals surface area contributed by atoms with Crippen molar-refractivity contribution in [3.05, 3.63) is 47.5 Å². The number of benzene rings is 2. The van der Waals surface area contributed by atoms with Gasteiger partial charge in [0, 0.05) is 25.3 Å². The maximum absolute atomic E-state index is 12.1. The Hall–Kier alpha value is -2.93. The molecule has 4 N–H and O–H groups in total. The third-order valence-electron chi connectivity index (χ3n) is 3.44. The molecule has 0 aliphatic carbocycles. The Morgan fingerprint density at radius 3 is 2.64 bits per heavy atom. The topological polar surface area (TPSA) is 100 Å². The van der Waals surface area contributed by atoms with Gasteiger partial charge in [0.15, 0.2) is 0 Å². The molecule has 0 heterocycles. The largest absolute Gasteiger partial charge is 0.508 e. The van der Waals surface area contributed by atoms with Crippen molar-refractivity contribution in [3.8, 4) is 17.2 Å². The highest BCUT2D eigenvalue weighted by atomic mass is 16.5. The van der Waals surface area contributed by atoms with Crippen LogP contribution in [0.2, 0.25) is 0 Å². The van der Waals surface area contributed by atoms with Gasteiger partial charge in [-0.3, -0.25) is 0 Å². The number of carbonyl (C=O) groups is 1. The summed E-state index contributed by atoms with van der Waals surface area (Å²) in [4.78, 5) is 12.1. The zero-order chi connectivity index (χ0) is 18.2. The van der Waals surface area contributed by atoms with Crippen LogP contribution in [0.1, 0.15) is 11.1 Å².